The minimum atomic E-state index is -1.35. The first-order valence-electron chi connectivity index (χ1n) is 5.09. The van der Waals surface area contributed by atoms with E-state index in [0.29, 0.717) is 6.42 Å². The average molecular weight is 220 g/mol. The molecule has 1 atom stereocenters. The topological polar surface area (TPSA) is 65.0 Å². The second-order valence-corrected chi connectivity index (χ2v) is 4.25. The van der Waals surface area contributed by atoms with Crippen LogP contribution in [0.5, 0.6) is 0 Å². The maximum absolute atomic E-state index is 10.3. The van der Waals surface area contributed by atoms with Crippen molar-refractivity contribution in [1.82, 2.24) is 0 Å². The highest BCUT2D eigenvalue weighted by Crippen LogP contribution is 2.13. The zero-order valence-corrected chi connectivity index (χ0v) is 9.78. The van der Waals surface area contributed by atoms with Crippen LogP contribution in [-0.2, 0) is 14.5 Å². The average Bonchev–Trinajstić information content (AvgIpc) is 2.07. The van der Waals surface area contributed by atoms with Crippen LogP contribution in [0, 0.1) is 0 Å². The molecule has 0 aromatic rings. The van der Waals surface area contributed by atoms with Crippen LogP contribution in [0.15, 0.2) is 0 Å². The van der Waals surface area contributed by atoms with Gasteiger partial charge in [0.25, 0.3) is 0 Å². The summed E-state index contributed by atoms with van der Waals surface area (Å²) in [5, 5.41) is 8.45. The number of rotatable bonds is 6. The van der Waals surface area contributed by atoms with Gasteiger partial charge in [0, 0.05) is 6.42 Å². The van der Waals surface area contributed by atoms with Gasteiger partial charge in [-0.25, -0.2) is 9.68 Å². The van der Waals surface area contributed by atoms with Gasteiger partial charge in [0.1, 0.15) is 0 Å². The molecule has 0 fully saturated rings. The number of carbonyl (C=O) groups is 1. The number of unbranched alkanes of at least 4 members (excludes halogenated alkanes) is 1. The first-order chi connectivity index (χ1) is 6.85. The number of hydrogen-bond donors (Lipinski definition) is 1. The third-order valence-corrected chi connectivity index (χ3v) is 1.43. The lowest BCUT2D eigenvalue weighted by atomic mass is 10.2. The van der Waals surface area contributed by atoms with Gasteiger partial charge in [-0.05, 0) is 27.2 Å². The first-order valence-corrected chi connectivity index (χ1v) is 5.09. The van der Waals surface area contributed by atoms with E-state index in [0.717, 1.165) is 12.8 Å². The summed E-state index contributed by atoms with van der Waals surface area (Å²) in [4.78, 5) is 20.3. The van der Waals surface area contributed by atoms with Gasteiger partial charge >= 0.3 is 6.16 Å². The van der Waals surface area contributed by atoms with Crippen molar-refractivity contribution >= 4 is 6.16 Å². The second-order valence-electron chi connectivity index (χ2n) is 4.25. The van der Waals surface area contributed by atoms with E-state index in [1.165, 1.54) is 0 Å². The van der Waals surface area contributed by atoms with Gasteiger partial charge in [-0.1, -0.05) is 13.3 Å². The summed E-state index contributed by atoms with van der Waals surface area (Å²) >= 11 is 0. The quantitative estimate of drug-likeness (QED) is 0.322. The van der Waals surface area contributed by atoms with Gasteiger partial charge in [-0.15, -0.1) is 0 Å². The second kappa shape index (κ2) is 6.63. The van der Waals surface area contributed by atoms with E-state index < -0.39 is 18.0 Å². The van der Waals surface area contributed by atoms with Crippen LogP contribution in [0.2, 0.25) is 0 Å². The Kier molecular flexibility index (Phi) is 6.27. The highest BCUT2D eigenvalue weighted by Gasteiger charge is 2.19. The molecule has 0 saturated heterocycles. The van der Waals surface area contributed by atoms with E-state index in [1.807, 2.05) is 27.7 Å². The molecule has 0 aliphatic rings. The third-order valence-electron chi connectivity index (χ3n) is 1.43. The van der Waals surface area contributed by atoms with E-state index in [-0.39, 0.29) is 0 Å². The van der Waals surface area contributed by atoms with Crippen LogP contribution >= 0.6 is 0 Å². The maximum Gasteiger partial charge on any atom is 0.508 e. The standard InChI is InChI=1S/C10H20O5/c1-5-6-7-8(13-9(11)12)14-15-10(2,3)4/h8H,5-7H2,1-4H3,(H,11,12). The molecule has 0 bridgehead atoms. The normalized spacial score (nSPS) is 13.6. The number of hydrogen-bond acceptors (Lipinski definition) is 4. The summed E-state index contributed by atoms with van der Waals surface area (Å²) < 4.78 is 4.52. The molecule has 15 heavy (non-hydrogen) atoms. The van der Waals surface area contributed by atoms with Crippen molar-refractivity contribution in [3.8, 4) is 0 Å². The molecule has 0 spiro atoms. The van der Waals surface area contributed by atoms with Crippen molar-refractivity contribution in [2.75, 3.05) is 0 Å². The van der Waals surface area contributed by atoms with Crippen molar-refractivity contribution in [3.63, 3.8) is 0 Å². The minimum Gasteiger partial charge on any atom is -0.450 e. The molecule has 0 aromatic heterocycles. The molecular formula is C10H20O5. The fraction of sp³-hybridized carbons (Fsp3) is 0.900. The van der Waals surface area contributed by atoms with Crippen molar-refractivity contribution in [2.24, 2.45) is 0 Å². The van der Waals surface area contributed by atoms with E-state index in [2.05, 4.69) is 4.74 Å². The van der Waals surface area contributed by atoms with Crippen LogP contribution < -0.4 is 0 Å². The molecule has 0 aliphatic heterocycles. The highest BCUT2D eigenvalue weighted by atomic mass is 17.2. The van der Waals surface area contributed by atoms with Gasteiger partial charge in [0.15, 0.2) is 0 Å². The largest absolute Gasteiger partial charge is 0.508 e. The monoisotopic (exact) mass is 220 g/mol. The van der Waals surface area contributed by atoms with Gasteiger partial charge in [0.2, 0.25) is 6.29 Å². The molecule has 1 N–H and O–H groups in total. The highest BCUT2D eigenvalue weighted by molar-refractivity contribution is 5.56. The fourth-order valence-corrected chi connectivity index (χ4v) is 0.808. The van der Waals surface area contributed by atoms with Crippen molar-refractivity contribution in [3.05, 3.63) is 0 Å². The van der Waals surface area contributed by atoms with Crippen molar-refractivity contribution in [1.29, 1.82) is 0 Å². The van der Waals surface area contributed by atoms with E-state index >= 15 is 0 Å². The molecule has 5 nitrogen and oxygen atoms in total. The predicted molar refractivity (Wildman–Crippen MR) is 54.3 cm³/mol. The van der Waals surface area contributed by atoms with Gasteiger partial charge in [-0.2, -0.15) is 4.89 Å². The minimum absolute atomic E-state index is 0.480. The Bertz CT molecular complexity index is 185. The molecule has 0 amide bonds. The smallest absolute Gasteiger partial charge is 0.450 e. The number of carboxylic acid groups (broad SMARTS) is 1. The van der Waals surface area contributed by atoms with Gasteiger partial charge in [-0.3, -0.25) is 0 Å². The Morgan fingerprint density at radius 2 is 2.00 bits per heavy atom. The van der Waals surface area contributed by atoms with Crippen LogP contribution in [-0.4, -0.2) is 23.2 Å². The lowest BCUT2D eigenvalue weighted by molar-refractivity contribution is -0.409. The molecule has 5 heteroatoms. The van der Waals surface area contributed by atoms with Gasteiger partial charge in [0.05, 0.1) is 5.60 Å². The Hall–Kier alpha value is -0.810. The molecule has 90 valence electrons. The predicted octanol–water partition coefficient (Wildman–Crippen LogP) is 2.94. The third kappa shape index (κ3) is 9.49. The molecule has 0 saturated carbocycles. The SMILES string of the molecule is CCCCC(OOC(C)(C)C)OC(=O)O. The Morgan fingerprint density at radius 3 is 2.40 bits per heavy atom. The first kappa shape index (κ1) is 14.2. The number of ether oxygens (including phenoxy) is 1. The molecule has 0 aromatic carbocycles. The molecular weight excluding hydrogens is 200 g/mol. The Labute approximate surface area is 90.2 Å². The molecule has 0 rings (SSSR count). The lowest BCUT2D eigenvalue weighted by Crippen LogP contribution is -2.27. The molecule has 0 aliphatic carbocycles. The van der Waals surface area contributed by atoms with E-state index in [1.54, 1.807) is 0 Å². The molecule has 0 radical (unpaired) electrons. The fourth-order valence-electron chi connectivity index (χ4n) is 0.808. The van der Waals surface area contributed by atoms with Crippen LogP contribution in [0.4, 0.5) is 4.79 Å². The molecule has 1 unspecified atom stereocenters. The summed E-state index contributed by atoms with van der Waals surface area (Å²) in [6, 6.07) is 0. The van der Waals surface area contributed by atoms with Gasteiger partial charge < -0.3 is 9.84 Å². The Morgan fingerprint density at radius 1 is 1.40 bits per heavy atom. The summed E-state index contributed by atoms with van der Waals surface area (Å²) in [7, 11) is 0. The van der Waals surface area contributed by atoms with Crippen LogP contribution in [0.25, 0.3) is 0 Å². The summed E-state index contributed by atoms with van der Waals surface area (Å²) in [5.41, 5.74) is -0.480. The van der Waals surface area contributed by atoms with Crippen molar-refractivity contribution < 1.29 is 24.4 Å². The summed E-state index contributed by atoms with van der Waals surface area (Å²) in [6.45, 7) is 7.43. The zero-order valence-electron chi connectivity index (χ0n) is 9.78. The zero-order chi connectivity index (χ0) is 11.9. The Balaban J connectivity index is 3.95. The van der Waals surface area contributed by atoms with Crippen LogP contribution in [0.3, 0.4) is 0 Å². The van der Waals surface area contributed by atoms with E-state index in [9.17, 15) is 4.79 Å². The summed E-state index contributed by atoms with van der Waals surface area (Å²) in [5.74, 6) is 0. The maximum atomic E-state index is 10.3. The van der Waals surface area contributed by atoms with Crippen molar-refractivity contribution in [2.45, 2.75) is 58.8 Å². The summed E-state index contributed by atoms with van der Waals surface area (Å²) in [6.07, 6.45) is 0.0677. The molecule has 0 heterocycles. The lowest BCUT2D eigenvalue weighted by Gasteiger charge is -2.22. The van der Waals surface area contributed by atoms with Crippen LogP contribution in [0.1, 0.15) is 47.0 Å². The van der Waals surface area contributed by atoms with E-state index in [4.69, 9.17) is 14.9 Å².